The van der Waals surface area contributed by atoms with Crippen molar-refractivity contribution in [3.8, 4) is 0 Å². The standard InChI is InChI=1S/C15H18F3NO3/c1-9(2)8-12(14(21)22-3)19-13(20)10-4-6-11(7-5-10)15(16,17)18/h4-7,9,12H,8H2,1-3H3,(H,19,20)/t12-/m1/s1. The first-order chi connectivity index (χ1) is 10.1. The Hall–Kier alpha value is -2.05. The van der Waals surface area contributed by atoms with Gasteiger partial charge in [-0.1, -0.05) is 13.8 Å². The van der Waals surface area contributed by atoms with E-state index in [2.05, 4.69) is 10.1 Å². The molecular formula is C15H18F3NO3. The molecule has 1 atom stereocenters. The van der Waals surface area contributed by atoms with Gasteiger partial charge in [-0.3, -0.25) is 4.79 Å². The number of rotatable bonds is 5. The first-order valence-electron chi connectivity index (χ1n) is 6.71. The minimum Gasteiger partial charge on any atom is -0.467 e. The summed E-state index contributed by atoms with van der Waals surface area (Å²) < 4.78 is 42.0. The Morgan fingerprint density at radius 3 is 2.14 bits per heavy atom. The van der Waals surface area contributed by atoms with Gasteiger partial charge in [-0.05, 0) is 36.6 Å². The largest absolute Gasteiger partial charge is 0.467 e. The smallest absolute Gasteiger partial charge is 0.416 e. The normalized spacial score (nSPS) is 12.9. The second kappa shape index (κ2) is 7.29. The molecule has 0 spiro atoms. The van der Waals surface area contributed by atoms with Gasteiger partial charge in [0.25, 0.3) is 5.91 Å². The summed E-state index contributed by atoms with van der Waals surface area (Å²) in [6.07, 6.45) is -4.08. The van der Waals surface area contributed by atoms with E-state index in [-0.39, 0.29) is 11.5 Å². The van der Waals surface area contributed by atoms with Crippen LogP contribution in [0.25, 0.3) is 0 Å². The number of hydrogen-bond acceptors (Lipinski definition) is 3. The number of ether oxygens (including phenoxy) is 1. The van der Waals surface area contributed by atoms with Crippen molar-refractivity contribution in [3.05, 3.63) is 35.4 Å². The molecule has 1 aromatic carbocycles. The summed E-state index contributed by atoms with van der Waals surface area (Å²) in [6, 6.07) is 2.96. The van der Waals surface area contributed by atoms with Crippen molar-refractivity contribution >= 4 is 11.9 Å². The van der Waals surface area contributed by atoms with E-state index in [0.717, 1.165) is 24.3 Å². The van der Waals surface area contributed by atoms with E-state index in [1.165, 1.54) is 7.11 Å². The van der Waals surface area contributed by atoms with Crippen LogP contribution in [0.4, 0.5) is 13.2 Å². The molecule has 1 aromatic rings. The van der Waals surface area contributed by atoms with Crippen LogP contribution in [0.5, 0.6) is 0 Å². The van der Waals surface area contributed by atoms with Crippen molar-refractivity contribution in [1.82, 2.24) is 5.32 Å². The molecule has 0 aromatic heterocycles. The number of carbonyl (C=O) groups excluding carboxylic acids is 2. The first kappa shape index (κ1) is 18.0. The van der Waals surface area contributed by atoms with E-state index >= 15 is 0 Å². The number of benzene rings is 1. The molecule has 1 amide bonds. The maximum Gasteiger partial charge on any atom is 0.416 e. The molecule has 0 saturated carbocycles. The third kappa shape index (κ3) is 5.05. The number of carbonyl (C=O) groups is 2. The molecule has 0 aliphatic rings. The Bertz CT molecular complexity index is 524. The molecule has 22 heavy (non-hydrogen) atoms. The third-order valence-corrected chi connectivity index (χ3v) is 2.97. The van der Waals surface area contributed by atoms with Gasteiger partial charge in [0.2, 0.25) is 0 Å². The number of amides is 1. The highest BCUT2D eigenvalue weighted by molar-refractivity contribution is 5.96. The van der Waals surface area contributed by atoms with Crippen molar-refractivity contribution < 1.29 is 27.5 Å². The summed E-state index contributed by atoms with van der Waals surface area (Å²) in [5.41, 5.74) is -0.790. The Labute approximate surface area is 126 Å². The van der Waals surface area contributed by atoms with Crippen molar-refractivity contribution in [1.29, 1.82) is 0 Å². The Morgan fingerprint density at radius 1 is 1.18 bits per heavy atom. The van der Waals surface area contributed by atoms with Crippen LogP contribution in [-0.2, 0) is 15.7 Å². The average Bonchev–Trinajstić information content (AvgIpc) is 2.44. The second-order valence-electron chi connectivity index (χ2n) is 5.25. The van der Waals surface area contributed by atoms with Crippen molar-refractivity contribution in [3.63, 3.8) is 0 Å². The minimum absolute atomic E-state index is 0.0469. The molecule has 0 aliphatic carbocycles. The lowest BCUT2D eigenvalue weighted by Crippen LogP contribution is -2.42. The molecule has 1 N–H and O–H groups in total. The summed E-state index contributed by atoms with van der Waals surface area (Å²) >= 11 is 0. The van der Waals surface area contributed by atoms with Gasteiger partial charge in [-0.15, -0.1) is 0 Å². The molecule has 1 rings (SSSR count). The molecule has 0 bridgehead atoms. The van der Waals surface area contributed by atoms with E-state index in [9.17, 15) is 22.8 Å². The lowest BCUT2D eigenvalue weighted by atomic mass is 10.0. The zero-order chi connectivity index (χ0) is 16.9. The van der Waals surface area contributed by atoms with Crippen molar-refractivity contribution in [2.75, 3.05) is 7.11 Å². The lowest BCUT2D eigenvalue weighted by Gasteiger charge is -2.18. The molecule has 0 radical (unpaired) electrons. The molecule has 0 unspecified atom stereocenters. The average molecular weight is 317 g/mol. The van der Waals surface area contributed by atoms with E-state index in [1.807, 2.05) is 13.8 Å². The van der Waals surface area contributed by atoms with E-state index < -0.39 is 29.7 Å². The van der Waals surface area contributed by atoms with Crippen molar-refractivity contribution in [2.45, 2.75) is 32.5 Å². The highest BCUT2D eigenvalue weighted by atomic mass is 19.4. The highest BCUT2D eigenvalue weighted by Crippen LogP contribution is 2.29. The Kier molecular flexibility index (Phi) is 5.96. The molecule has 0 aliphatic heterocycles. The van der Waals surface area contributed by atoms with Crippen LogP contribution in [0.15, 0.2) is 24.3 Å². The maximum atomic E-state index is 12.5. The van der Waals surface area contributed by atoms with Gasteiger partial charge in [0.15, 0.2) is 0 Å². The summed E-state index contributed by atoms with van der Waals surface area (Å²) in [5, 5.41) is 2.48. The van der Waals surface area contributed by atoms with Crippen LogP contribution in [0, 0.1) is 5.92 Å². The quantitative estimate of drug-likeness (QED) is 0.849. The number of nitrogens with one attached hydrogen (secondary N) is 1. The SMILES string of the molecule is COC(=O)[C@@H](CC(C)C)NC(=O)c1ccc(C(F)(F)F)cc1. The number of hydrogen-bond donors (Lipinski definition) is 1. The number of methoxy groups -OCH3 is 1. The number of alkyl halides is 3. The monoisotopic (exact) mass is 317 g/mol. The Balaban J connectivity index is 2.83. The molecule has 122 valence electrons. The van der Waals surface area contributed by atoms with Gasteiger partial charge < -0.3 is 10.1 Å². The predicted octanol–water partition coefficient (Wildman–Crippen LogP) is 3.02. The zero-order valence-corrected chi connectivity index (χ0v) is 12.5. The second-order valence-corrected chi connectivity index (χ2v) is 5.25. The van der Waals surface area contributed by atoms with Crippen LogP contribution >= 0.6 is 0 Å². The molecule has 0 fully saturated rings. The number of halogens is 3. The van der Waals surface area contributed by atoms with Crippen LogP contribution in [0.1, 0.15) is 36.2 Å². The van der Waals surface area contributed by atoms with Gasteiger partial charge in [0.1, 0.15) is 6.04 Å². The topological polar surface area (TPSA) is 55.4 Å². The van der Waals surface area contributed by atoms with Crippen LogP contribution < -0.4 is 5.32 Å². The fraction of sp³-hybridized carbons (Fsp3) is 0.467. The van der Waals surface area contributed by atoms with Crippen molar-refractivity contribution in [2.24, 2.45) is 5.92 Å². The third-order valence-electron chi connectivity index (χ3n) is 2.97. The van der Waals surface area contributed by atoms with Crippen LogP contribution in [0.2, 0.25) is 0 Å². The van der Waals surface area contributed by atoms with Gasteiger partial charge in [0, 0.05) is 5.56 Å². The van der Waals surface area contributed by atoms with Gasteiger partial charge in [-0.2, -0.15) is 13.2 Å². The van der Waals surface area contributed by atoms with Crippen LogP contribution in [-0.4, -0.2) is 25.0 Å². The van der Waals surface area contributed by atoms with Gasteiger partial charge in [0.05, 0.1) is 12.7 Å². The predicted molar refractivity (Wildman–Crippen MR) is 74.2 cm³/mol. The molecule has 7 heteroatoms. The van der Waals surface area contributed by atoms with Gasteiger partial charge in [-0.25, -0.2) is 4.79 Å². The fourth-order valence-corrected chi connectivity index (χ4v) is 1.88. The minimum atomic E-state index is -4.46. The first-order valence-corrected chi connectivity index (χ1v) is 6.71. The summed E-state index contributed by atoms with van der Waals surface area (Å²) in [4.78, 5) is 23.6. The summed E-state index contributed by atoms with van der Waals surface area (Å²) in [7, 11) is 1.21. The maximum absolute atomic E-state index is 12.5. The molecule has 0 saturated heterocycles. The van der Waals surface area contributed by atoms with Crippen LogP contribution in [0.3, 0.4) is 0 Å². The van der Waals surface area contributed by atoms with Gasteiger partial charge >= 0.3 is 12.1 Å². The highest BCUT2D eigenvalue weighted by Gasteiger charge is 2.30. The Morgan fingerprint density at radius 2 is 1.73 bits per heavy atom. The van der Waals surface area contributed by atoms with E-state index in [1.54, 1.807) is 0 Å². The molecule has 0 heterocycles. The molecule has 4 nitrogen and oxygen atoms in total. The van der Waals surface area contributed by atoms with E-state index in [4.69, 9.17) is 0 Å². The fourth-order valence-electron chi connectivity index (χ4n) is 1.88. The summed E-state index contributed by atoms with van der Waals surface area (Å²) in [6.45, 7) is 3.75. The van der Waals surface area contributed by atoms with E-state index in [0.29, 0.717) is 6.42 Å². The molecular weight excluding hydrogens is 299 g/mol. The zero-order valence-electron chi connectivity index (χ0n) is 12.5. The summed E-state index contributed by atoms with van der Waals surface area (Å²) in [5.74, 6) is -1.07. The number of esters is 1. The lowest BCUT2D eigenvalue weighted by molar-refractivity contribution is -0.143.